The first-order valence-electron chi connectivity index (χ1n) is 16.2. The van der Waals surface area contributed by atoms with Crippen molar-refractivity contribution in [2.75, 3.05) is 20.8 Å². The summed E-state index contributed by atoms with van der Waals surface area (Å²) in [4.78, 5) is 41.8. The van der Waals surface area contributed by atoms with E-state index in [-0.39, 0.29) is 29.8 Å². The van der Waals surface area contributed by atoms with Crippen molar-refractivity contribution in [1.82, 2.24) is 35.9 Å². The van der Waals surface area contributed by atoms with Gasteiger partial charge >= 0.3 is 0 Å². The molecule has 1 aliphatic carbocycles. The van der Waals surface area contributed by atoms with Crippen molar-refractivity contribution >= 4 is 35.0 Å². The van der Waals surface area contributed by atoms with E-state index < -0.39 is 0 Å². The molecule has 2 aliphatic rings. The number of nitrogens with zero attached hydrogens (tertiary/aromatic N) is 4. The Morgan fingerprint density at radius 1 is 0.878 bits per heavy atom. The van der Waals surface area contributed by atoms with Gasteiger partial charge in [0.1, 0.15) is 11.4 Å². The van der Waals surface area contributed by atoms with Crippen LogP contribution in [-0.4, -0.2) is 64.6 Å². The van der Waals surface area contributed by atoms with Crippen molar-refractivity contribution in [3.63, 3.8) is 0 Å². The Kier molecular flexibility index (Phi) is 10.9. The lowest BCUT2D eigenvalue weighted by Crippen LogP contribution is -2.35. The molecular weight excluding hydrogens is 667 g/mol. The van der Waals surface area contributed by atoms with Crippen molar-refractivity contribution in [2.45, 2.75) is 57.3 Å². The summed E-state index contributed by atoms with van der Waals surface area (Å²) in [5, 5.41) is 10.6. The summed E-state index contributed by atoms with van der Waals surface area (Å²) in [5.41, 5.74) is 10.6. The Morgan fingerprint density at radius 2 is 1.45 bits per heavy atom. The van der Waals surface area contributed by atoms with Crippen molar-refractivity contribution in [1.29, 1.82) is 0 Å². The predicted octanol–water partition coefficient (Wildman–Crippen LogP) is 4.70. The monoisotopic (exact) mass is 704 g/mol. The number of carbonyl (C=O) groups excluding carboxylic acids is 2. The first-order chi connectivity index (χ1) is 23.7. The molecule has 1 saturated heterocycles. The molecule has 0 radical (unpaired) electrons. The van der Waals surface area contributed by atoms with E-state index in [9.17, 15) is 9.59 Å². The molecule has 1 unspecified atom stereocenters. The maximum atomic E-state index is 11.6. The molecule has 5 N–H and O–H groups in total. The van der Waals surface area contributed by atoms with Gasteiger partial charge in [-0.25, -0.2) is 9.97 Å². The number of aromatic nitrogens is 4. The molecule has 14 heteroatoms. The third kappa shape index (κ3) is 7.78. The summed E-state index contributed by atoms with van der Waals surface area (Å²) in [7, 11) is 3.10. The van der Waals surface area contributed by atoms with Gasteiger partial charge in [0.05, 0.1) is 48.0 Å². The molecule has 12 nitrogen and oxygen atoms in total. The zero-order valence-corrected chi connectivity index (χ0v) is 28.8. The number of methoxy groups -OCH3 is 2. The molecule has 4 aromatic rings. The number of amides is 2. The second-order valence-electron chi connectivity index (χ2n) is 12.2. The smallest absolute Gasteiger partial charge is 0.237 e. The van der Waals surface area contributed by atoms with Crippen LogP contribution in [0, 0.1) is 5.92 Å². The highest BCUT2D eigenvalue weighted by Crippen LogP contribution is 2.42. The second kappa shape index (κ2) is 15.5. The van der Waals surface area contributed by atoms with Crippen LogP contribution >= 0.6 is 23.2 Å². The first kappa shape index (κ1) is 34.5. The number of hydrogen-bond donors (Lipinski definition) is 4. The van der Waals surface area contributed by atoms with Gasteiger partial charge in [0.15, 0.2) is 0 Å². The van der Waals surface area contributed by atoms with Crippen LogP contribution in [0.5, 0.6) is 11.8 Å². The zero-order valence-electron chi connectivity index (χ0n) is 27.3. The number of carbonyl (C=O) groups is 2. The Morgan fingerprint density at radius 3 is 1.96 bits per heavy atom. The van der Waals surface area contributed by atoms with Gasteiger partial charge in [0.25, 0.3) is 0 Å². The molecule has 6 rings (SSSR count). The molecule has 2 fully saturated rings. The lowest BCUT2D eigenvalue weighted by molar-refractivity contribution is -0.121. The molecule has 2 aromatic heterocycles. The number of primary amides is 1. The Balaban J connectivity index is 1.20. The molecule has 49 heavy (non-hydrogen) atoms. The summed E-state index contributed by atoms with van der Waals surface area (Å²) in [6, 6.07) is 11.6. The van der Waals surface area contributed by atoms with Crippen molar-refractivity contribution < 1.29 is 19.1 Å². The topological polar surface area (TPSA) is 166 Å². The van der Waals surface area contributed by atoms with E-state index in [1.807, 2.05) is 36.4 Å². The number of rotatable bonds is 13. The van der Waals surface area contributed by atoms with E-state index in [2.05, 4.69) is 25.9 Å². The minimum absolute atomic E-state index is 0.0786. The van der Waals surface area contributed by atoms with E-state index in [0.717, 1.165) is 19.3 Å². The SMILES string of the molecule is COc1nc(-c2cccc(-c3cccc(-c4cnc(CN[C@@H]5CCC(C(N)=O)C5)c(OC)n4)c3Cl)c2Cl)cnc1CNC[C@@H]1CCC(=O)N1. The fourth-order valence-electron chi connectivity index (χ4n) is 6.36. The van der Waals surface area contributed by atoms with Crippen LogP contribution < -0.4 is 31.2 Å². The molecule has 1 saturated carbocycles. The highest BCUT2D eigenvalue weighted by Gasteiger charge is 2.28. The van der Waals surface area contributed by atoms with E-state index in [1.54, 1.807) is 26.6 Å². The largest absolute Gasteiger partial charge is 0.480 e. The number of halogens is 2. The van der Waals surface area contributed by atoms with Gasteiger partial charge in [0.2, 0.25) is 23.6 Å². The van der Waals surface area contributed by atoms with E-state index in [1.165, 1.54) is 0 Å². The van der Waals surface area contributed by atoms with Crippen LogP contribution in [0.4, 0.5) is 0 Å². The number of ether oxygens (including phenoxy) is 2. The van der Waals surface area contributed by atoms with Crippen LogP contribution in [-0.2, 0) is 22.7 Å². The van der Waals surface area contributed by atoms with E-state index in [4.69, 9.17) is 48.4 Å². The minimum atomic E-state index is -0.251. The lowest BCUT2D eigenvalue weighted by Gasteiger charge is -2.16. The molecule has 0 bridgehead atoms. The van der Waals surface area contributed by atoms with Gasteiger partial charge < -0.3 is 31.2 Å². The van der Waals surface area contributed by atoms with Gasteiger partial charge in [-0.05, 0) is 25.7 Å². The standard InChI is InChI=1S/C35H38Cl2N8O4/c1-48-34-28(15-39-14-21-11-12-30(46)43-21)41-16-26(44-34)24-7-3-5-22(31(24)36)23-6-4-8-25(32(23)37)27-17-42-29(35(45-27)49-2)18-40-20-10-9-19(13-20)33(38)47/h3-8,16-17,19-21,39-40H,9-15,18H2,1-2H3,(H2,38,47)(H,43,46)/t19?,20-,21+/m1/s1. The second-order valence-corrected chi connectivity index (χ2v) is 12.9. The van der Waals surface area contributed by atoms with Crippen LogP contribution in [0.1, 0.15) is 43.5 Å². The summed E-state index contributed by atoms with van der Waals surface area (Å²) < 4.78 is 11.2. The van der Waals surface area contributed by atoms with Crippen LogP contribution in [0.2, 0.25) is 10.0 Å². The van der Waals surface area contributed by atoms with Gasteiger partial charge in [-0.2, -0.15) is 0 Å². The summed E-state index contributed by atoms with van der Waals surface area (Å²) in [6.07, 6.45) is 7.07. The number of benzene rings is 2. The Hall–Kier alpha value is -4.36. The van der Waals surface area contributed by atoms with Crippen LogP contribution in [0.15, 0.2) is 48.8 Å². The molecule has 256 valence electrons. The third-order valence-corrected chi connectivity index (χ3v) is 9.83. The van der Waals surface area contributed by atoms with Gasteiger partial charge in [-0.15, -0.1) is 0 Å². The lowest BCUT2D eigenvalue weighted by atomic mass is 9.98. The fourth-order valence-corrected chi connectivity index (χ4v) is 7.01. The maximum absolute atomic E-state index is 11.6. The quantitative estimate of drug-likeness (QED) is 0.153. The molecule has 3 atom stereocenters. The highest BCUT2D eigenvalue weighted by molar-refractivity contribution is 6.39. The molecular formula is C35H38Cl2N8O4. The zero-order chi connectivity index (χ0) is 34.5. The molecule has 1 aliphatic heterocycles. The van der Waals surface area contributed by atoms with Crippen LogP contribution in [0.25, 0.3) is 33.6 Å². The maximum Gasteiger partial charge on any atom is 0.237 e. The average Bonchev–Trinajstić information content (AvgIpc) is 3.77. The van der Waals surface area contributed by atoms with E-state index in [0.29, 0.717) is 99.3 Å². The van der Waals surface area contributed by atoms with E-state index >= 15 is 0 Å². The van der Waals surface area contributed by atoms with Crippen LogP contribution in [0.3, 0.4) is 0 Å². The summed E-state index contributed by atoms with van der Waals surface area (Å²) in [6.45, 7) is 1.50. The number of nitrogens with two attached hydrogens (primary N) is 1. The molecule has 3 heterocycles. The molecule has 2 aromatic carbocycles. The number of hydrogen-bond acceptors (Lipinski definition) is 10. The predicted molar refractivity (Wildman–Crippen MR) is 187 cm³/mol. The summed E-state index contributed by atoms with van der Waals surface area (Å²) in [5.74, 6) is 0.493. The van der Waals surface area contributed by atoms with Crippen molar-refractivity contribution in [2.24, 2.45) is 11.7 Å². The third-order valence-electron chi connectivity index (χ3n) is 9.01. The van der Waals surface area contributed by atoms with Gasteiger partial charge in [0, 0.05) is 66.3 Å². The number of nitrogens with one attached hydrogen (secondary N) is 3. The van der Waals surface area contributed by atoms with Crippen molar-refractivity contribution in [3.05, 3.63) is 70.2 Å². The fraction of sp³-hybridized carbons (Fsp3) is 0.371. The average molecular weight is 706 g/mol. The summed E-state index contributed by atoms with van der Waals surface area (Å²) >= 11 is 14.1. The Labute approximate surface area is 294 Å². The minimum Gasteiger partial charge on any atom is -0.480 e. The molecule has 0 spiro atoms. The molecule has 2 amide bonds. The normalized spacial score (nSPS) is 18.8. The Bertz CT molecular complexity index is 1860. The first-order valence-corrected chi connectivity index (χ1v) is 16.9. The highest BCUT2D eigenvalue weighted by atomic mass is 35.5. The van der Waals surface area contributed by atoms with Crippen molar-refractivity contribution in [3.8, 4) is 45.4 Å². The van der Waals surface area contributed by atoms with Gasteiger partial charge in [-0.1, -0.05) is 59.6 Å². The van der Waals surface area contributed by atoms with Gasteiger partial charge in [-0.3, -0.25) is 19.6 Å².